The number of aliphatic hydroxyl groups is 2. The third-order valence-corrected chi connectivity index (χ3v) is 4.62. The van der Waals surface area contributed by atoms with Crippen molar-refractivity contribution in [1.82, 2.24) is 19.5 Å². The molecule has 4 atom stereocenters. The van der Waals surface area contributed by atoms with Gasteiger partial charge < -0.3 is 34.7 Å². The van der Waals surface area contributed by atoms with Crippen LogP contribution in [0, 0.1) is 0 Å². The minimum atomic E-state index is -4.54. The van der Waals surface area contributed by atoms with Crippen LogP contribution in [0.5, 0.6) is 5.88 Å². The van der Waals surface area contributed by atoms with Gasteiger partial charge in [-0.25, -0.2) is 9.97 Å². The zero-order valence-electron chi connectivity index (χ0n) is 11.8. The van der Waals surface area contributed by atoms with Gasteiger partial charge in [-0.05, 0) is 0 Å². The number of aromatic hydroxyl groups is 1. The Bertz CT molecular complexity index is 788. The molecule has 3 heterocycles. The first-order chi connectivity index (χ1) is 11.3. The first-order valence-corrected chi connectivity index (χ1v) is 9.51. The highest BCUT2D eigenvalue weighted by molar-refractivity contribution is 8.13. The van der Waals surface area contributed by atoms with Gasteiger partial charge in [-0.15, -0.1) is 0 Å². The van der Waals surface area contributed by atoms with E-state index in [9.17, 15) is 20.2 Å². The van der Waals surface area contributed by atoms with E-state index in [1.807, 2.05) is 0 Å². The van der Waals surface area contributed by atoms with E-state index in [-0.39, 0.29) is 34.7 Å². The molecule has 1 unspecified atom stereocenters. The quantitative estimate of drug-likeness (QED) is 0.164. The number of hydrogen-bond donors (Lipinski definition) is 5. The molecule has 12 nitrogen and oxygen atoms in total. The predicted octanol–water partition coefficient (Wildman–Crippen LogP) is -2.46. The highest BCUT2D eigenvalue weighted by atomic mass is 32.5. The summed E-state index contributed by atoms with van der Waals surface area (Å²) in [4.78, 5) is 39.7. The van der Waals surface area contributed by atoms with Crippen LogP contribution in [0.15, 0.2) is 12.7 Å². The fraction of sp³-hybridized carbons (Fsp3) is 0.500. The van der Waals surface area contributed by atoms with Crippen molar-refractivity contribution in [2.75, 3.05) is 0 Å². The largest absolute Gasteiger partial charge is 0.739 e. The van der Waals surface area contributed by atoms with Crippen LogP contribution in [0.3, 0.4) is 0 Å². The summed E-state index contributed by atoms with van der Waals surface area (Å²) in [7, 11) is 0. The molecule has 0 bridgehead atoms. The number of ether oxygens (including phenoxy) is 1. The number of aliphatic hydroxyl groups excluding tert-OH is 2. The number of rotatable bonds is 4. The maximum absolute atomic E-state index is 10.7. The minimum absolute atomic E-state index is 0.0435. The van der Waals surface area contributed by atoms with E-state index in [1.165, 1.54) is 10.9 Å². The summed E-state index contributed by atoms with van der Waals surface area (Å²) in [5, 5.41) is 29.4. The van der Waals surface area contributed by atoms with Gasteiger partial charge in [0.05, 0.1) is 12.4 Å². The lowest BCUT2D eigenvalue weighted by molar-refractivity contribution is -0.197. The monoisotopic (exact) mass is 380 g/mol. The predicted molar refractivity (Wildman–Crippen MR) is 77.3 cm³/mol. The number of nitrogens with zero attached hydrogens (tertiary/aromatic N) is 4. The summed E-state index contributed by atoms with van der Waals surface area (Å²) in [6, 6.07) is 0. The second kappa shape index (κ2) is 6.55. The van der Waals surface area contributed by atoms with Crippen LogP contribution in [0.25, 0.3) is 11.2 Å². The SMILES string of the molecule is [O-]P(O)(O)=[S+]OC(O)[C@H]1O[C@@H](n2cnc3c(O)ncnc32)C[C@@H]1O. The first kappa shape index (κ1) is 17.5. The molecule has 0 aromatic carbocycles. The van der Waals surface area contributed by atoms with E-state index in [2.05, 4.69) is 19.1 Å². The standard InChI is InChI=1S/C10H13N4O8PS/c15-4-1-5(21-7(4)10(17)22-24-23(18,19)20)14-3-13-6-8(14)11-2-12-9(6)16/h2-5,7,10,15,17H,1H2,(H3-,11,12,16,18,19,20)/t4-,5+,7-,10?/m0/s1. The molecule has 0 aliphatic carbocycles. The first-order valence-electron chi connectivity index (χ1n) is 6.55. The van der Waals surface area contributed by atoms with Crippen molar-refractivity contribution in [2.45, 2.75) is 31.1 Å². The molecule has 1 saturated heterocycles. The summed E-state index contributed by atoms with van der Waals surface area (Å²) < 4.78 is 11.5. The van der Waals surface area contributed by atoms with Gasteiger partial charge in [0.2, 0.25) is 12.2 Å². The second-order valence-corrected chi connectivity index (χ2v) is 8.13. The molecule has 24 heavy (non-hydrogen) atoms. The Labute approximate surface area is 138 Å². The second-order valence-electron chi connectivity index (χ2n) is 4.93. The van der Waals surface area contributed by atoms with Crippen LogP contribution in [0.4, 0.5) is 0 Å². The molecule has 5 N–H and O–H groups in total. The number of hydrogen-bond acceptors (Lipinski definition) is 9. The number of imidazole rings is 1. The third-order valence-electron chi connectivity index (χ3n) is 3.31. The molecule has 1 aliphatic heterocycles. The smallest absolute Gasteiger partial charge is 0.402 e. The summed E-state index contributed by atoms with van der Waals surface area (Å²) in [5.74, 6) is -0.310. The normalized spacial score (nSPS) is 26.0. The molecule has 1 fully saturated rings. The van der Waals surface area contributed by atoms with E-state index in [0.717, 1.165) is 6.33 Å². The summed E-state index contributed by atoms with van der Waals surface area (Å²) >= 11 is -0.213. The van der Waals surface area contributed by atoms with E-state index < -0.39 is 31.4 Å². The lowest BCUT2D eigenvalue weighted by Gasteiger charge is -2.16. The highest BCUT2D eigenvalue weighted by Crippen LogP contribution is 2.34. The molecule has 0 saturated carbocycles. The van der Waals surface area contributed by atoms with Gasteiger partial charge in [-0.2, -0.15) is 4.98 Å². The Balaban J connectivity index is 1.79. The van der Waals surface area contributed by atoms with Crippen molar-refractivity contribution in [3.8, 4) is 5.88 Å². The molecule has 0 amide bonds. The highest BCUT2D eigenvalue weighted by Gasteiger charge is 2.43. The average molecular weight is 380 g/mol. The molecule has 0 spiro atoms. The Morgan fingerprint density at radius 1 is 1.42 bits per heavy atom. The topological polar surface area (TPSA) is 186 Å². The van der Waals surface area contributed by atoms with E-state index in [0.29, 0.717) is 0 Å². The van der Waals surface area contributed by atoms with Gasteiger partial charge in [-0.3, -0.25) is 4.57 Å². The fourth-order valence-corrected chi connectivity index (χ4v) is 3.22. The molecule has 132 valence electrons. The molecular formula is C10H13N4O8PS. The molecule has 14 heteroatoms. The van der Waals surface area contributed by atoms with Crippen molar-refractivity contribution in [3.05, 3.63) is 12.7 Å². The van der Waals surface area contributed by atoms with Gasteiger partial charge in [0.15, 0.2) is 11.2 Å². The summed E-state index contributed by atoms with van der Waals surface area (Å²) in [6.45, 7) is -4.54. The van der Waals surface area contributed by atoms with Gasteiger partial charge in [-0.1, -0.05) is 4.18 Å². The lowest BCUT2D eigenvalue weighted by Crippen LogP contribution is -2.35. The summed E-state index contributed by atoms with van der Waals surface area (Å²) in [6.07, 6.45) is -2.42. The van der Waals surface area contributed by atoms with Gasteiger partial charge in [0, 0.05) is 6.42 Å². The zero-order valence-corrected chi connectivity index (χ0v) is 13.5. The molecule has 0 radical (unpaired) electrons. The third kappa shape index (κ3) is 3.54. The number of fused-ring (bicyclic) bond motifs is 1. The minimum Gasteiger partial charge on any atom is -0.739 e. The van der Waals surface area contributed by atoms with Crippen LogP contribution in [-0.4, -0.2) is 63.1 Å². The maximum atomic E-state index is 10.7. The molecule has 2 aromatic rings. The number of aromatic nitrogens is 4. The van der Waals surface area contributed by atoms with E-state index in [4.69, 9.17) is 14.5 Å². The van der Waals surface area contributed by atoms with Gasteiger partial charge in [0.1, 0.15) is 18.7 Å². The van der Waals surface area contributed by atoms with Gasteiger partial charge in [0.25, 0.3) is 0 Å². The van der Waals surface area contributed by atoms with Crippen molar-refractivity contribution >= 4 is 29.1 Å². The lowest BCUT2D eigenvalue weighted by atomic mass is 10.2. The van der Waals surface area contributed by atoms with Crippen molar-refractivity contribution < 1.29 is 38.9 Å². The van der Waals surface area contributed by atoms with Crippen molar-refractivity contribution in [3.63, 3.8) is 0 Å². The van der Waals surface area contributed by atoms with Gasteiger partial charge >= 0.3 is 17.9 Å². The molecule has 2 aromatic heterocycles. The van der Waals surface area contributed by atoms with E-state index in [1.54, 1.807) is 0 Å². The van der Waals surface area contributed by atoms with Crippen LogP contribution < -0.4 is 4.89 Å². The van der Waals surface area contributed by atoms with Crippen LogP contribution in [-0.2, 0) is 20.1 Å². The average Bonchev–Trinajstić information content (AvgIpc) is 3.08. The van der Waals surface area contributed by atoms with Crippen LogP contribution in [0.2, 0.25) is 0 Å². The maximum Gasteiger partial charge on any atom is 0.402 e. The van der Waals surface area contributed by atoms with Crippen LogP contribution >= 0.6 is 6.72 Å². The van der Waals surface area contributed by atoms with Crippen LogP contribution in [0.1, 0.15) is 12.6 Å². The molecular weight excluding hydrogens is 367 g/mol. The Hall–Kier alpha value is -1.28. The fourth-order valence-electron chi connectivity index (χ4n) is 2.31. The Morgan fingerprint density at radius 2 is 2.17 bits per heavy atom. The molecule has 3 rings (SSSR count). The van der Waals surface area contributed by atoms with E-state index >= 15 is 0 Å². The molecule has 1 aliphatic rings. The Kier molecular flexibility index (Phi) is 4.79. The summed E-state index contributed by atoms with van der Waals surface area (Å²) in [5.41, 5.74) is 0.410. The van der Waals surface area contributed by atoms with Crippen molar-refractivity contribution in [1.29, 1.82) is 0 Å². The Morgan fingerprint density at radius 3 is 2.88 bits per heavy atom. The van der Waals surface area contributed by atoms with Crippen molar-refractivity contribution in [2.24, 2.45) is 0 Å². The zero-order chi connectivity index (χ0) is 17.5.